The summed E-state index contributed by atoms with van der Waals surface area (Å²) in [7, 11) is 0. The lowest BCUT2D eigenvalue weighted by atomic mass is 10.1. The van der Waals surface area contributed by atoms with Crippen LogP contribution in [0.3, 0.4) is 0 Å². The van der Waals surface area contributed by atoms with Crippen molar-refractivity contribution in [2.75, 3.05) is 44.7 Å². The molecule has 5 rings (SSSR count). The van der Waals surface area contributed by atoms with Gasteiger partial charge in [-0.1, -0.05) is 29.8 Å². The second kappa shape index (κ2) is 9.75. The van der Waals surface area contributed by atoms with Crippen molar-refractivity contribution in [1.29, 1.82) is 0 Å². The third-order valence-corrected chi connectivity index (χ3v) is 6.95. The Hall–Kier alpha value is -2.54. The molecule has 2 saturated heterocycles. The molecule has 0 radical (unpaired) electrons. The van der Waals surface area contributed by atoms with Crippen LogP contribution in [0.25, 0.3) is 22.2 Å². The van der Waals surface area contributed by atoms with Crippen LogP contribution < -0.4 is 5.32 Å². The average molecular weight is 467 g/mol. The zero-order valence-corrected chi connectivity index (χ0v) is 19.8. The standard InChI is InChI=1S/C26H31ClN4O2/c1-18(32)31-9-7-30(8-10-31)17-19-3-2-4-20(13-19)24-15-21-14-22(27)16-25(26(21)29-24)28-23-5-11-33-12-6-23/h2-4,13-16,23,28-29H,5-12,17H2,1H3. The number of ether oxygens (including phenoxy) is 1. The first-order chi connectivity index (χ1) is 16.0. The van der Waals surface area contributed by atoms with Crippen molar-refractivity contribution in [3.63, 3.8) is 0 Å². The molecule has 7 heteroatoms. The van der Waals surface area contributed by atoms with Gasteiger partial charge in [0.2, 0.25) is 5.91 Å². The fourth-order valence-electron chi connectivity index (χ4n) is 4.86. The van der Waals surface area contributed by atoms with Crippen molar-refractivity contribution in [2.24, 2.45) is 0 Å². The molecule has 3 aromatic rings. The summed E-state index contributed by atoms with van der Waals surface area (Å²) in [6.45, 7) is 7.58. The van der Waals surface area contributed by atoms with Crippen LogP contribution in [0.4, 0.5) is 5.69 Å². The first kappa shape index (κ1) is 22.3. The minimum absolute atomic E-state index is 0.168. The molecule has 0 atom stereocenters. The number of benzene rings is 2. The molecule has 6 nitrogen and oxygen atoms in total. The lowest BCUT2D eigenvalue weighted by Crippen LogP contribution is -2.47. The van der Waals surface area contributed by atoms with E-state index in [0.29, 0.717) is 6.04 Å². The molecule has 174 valence electrons. The second-order valence-corrected chi connectivity index (χ2v) is 9.55. The molecule has 1 amide bonds. The average Bonchev–Trinajstić information content (AvgIpc) is 3.25. The molecule has 2 aromatic carbocycles. The number of anilines is 1. The van der Waals surface area contributed by atoms with Gasteiger partial charge in [-0.25, -0.2) is 0 Å². The first-order valence-corrected chi connectivity index (χ1v) is 12.2. The van der Waals surface area contributed by atoms with Gasteiger partial charge >= 0.3 is 0 Å². The molecule has 2 aliphatic heterocycles. The van der Waals surface area contributed by atoms with E-state index in [1.165, 1.54) is 11.1 Å². The number of nitrogens with zero attached hydrogens (tertiary/aromatic N) is 2. The molecule has 2 N–H and O–H groups in total. The van der Waals surface area contributed by atoms with E-state index in [0.717, 1.165) is 86.1 Å². The van der Waals surface area contributed by atoms with E-state index < -0.39 is 0 Å². The molecule has 0 aliphatic carbocycles. The number of hydrogen-bond donors (Lipinski definition) is 2. The van der Waals surface area contributed by atoms with Crippen LogP contribution in [0, 0.1) is 0 Å². The number of halogens is 1. The third-order valence-electron chi connectivity index (χ3n) is 6.74. The molecule has 0 unspecified atom stereocenters. The van der Waals surface area contributed by atoms with E-state index in [9.17, 15) is 4.79 Å². The molecular formula is C26H31ClN4O2. The molecule has 33 heavy (non-hydrogen) atoms. The van der Waals surface area contributed by atoms with E-state index in [1.807, 2.05) is 17.0 Å². The van der Waals surface area contributed by atoms with Gasteiger partial charge in [0.25, 0.3) is 0 Å². The molecule has 2 fully saturated rings. The van der Waals surface area contributed by atoms with Gasteiger partial charge in [0.15, 0.2) is 0 Å². The Morgan fingerprint density at radius 2 is 1.91 bits per heavy atom. The SMILES string of the molecule is CC(=O)N1CCN(Cc2cccc(-c3cc4cc(Cl)cc(NC5CCOCC5)c4[nH]3)c2)CC1. The van der Waals surface area contributed by atoms with Crippen molar-refractivity contribution in [3.8, 4) is 11.3 Å². The lowest BCUT2D eigenvalue weighted by molar-refractivity contribution is -0.130. The van der Waals surface area contributed by atoms with Crippen molar-refractivity contribution < 1.29 is 9.53 Å². The van der Waals surface area contributed by atoms with Crippen LogP contribution in [0.1, 0.15) is 25.3 Å². The minimum atomic E-state index is 0.168. The maximum Gasteiger partial charge on any atom is 0.219 e. The number of carbonyl (C=O) groups excluding carboxylic acids is 1. The van der Waals surface area contributed by atoms with Gasteiger partial charge in [-0.15, -0.1) is 0 Å². The van der Waals surface area contributed by atoms with Gasteiger partial charge in [-0.3, -0.25) is 9.69 Å². The number of carbonyl (C=O) groups is 1. The van der Waals surface area contributed by atoms with E-state index in [2.05, 4.69) is 45.5 Å². The Morgan fingerprint density at radius 3 is 2.67 bits per heavy atom. The number of aromatic nitrogens is 1. The highest BCUT2D eigenvalue weighted by Gasteiger charge is 2.19. The number of amides is 1. The van der Waals surface area contributed by atoms with Gasteiger partial charge in [0.1, 0.15) is 0 Å². The first-order valence-electron chi connectivity index (χ1n) is 11.8. The monoisotopic (exact) mass is 466 g/mol. The lowest BCUT2D eigenvalue weighted by Gasteiger charge is -2.34. The number of H-pyrrole nitrogens is 1. The maximum atomic E-state index is 11.6. The molecular weight excluding hydrogens is 436 g/mol. The van der Waals surface area contributed by atoms with Crippen molar-refractivity contribution in [2.45, 2.75) is 32.4 Å². The third kappa shape index (κ3) is 5.18. The van der Waals surface area contributed by atoms with Gasteiger partial charge in [0.05, 0.1) is 11.2 Å². The zero-order valence-electron chi connectivity index (χ0n) is 19.1. The quantitative estimate of drug-likeness (QED) is 0.570. The van der Waals surface area contributed by atoms with Crippen LogP contribution in [0.2, 0.25) is 5.02 Å². The Labute approximate surface area is 199 Å². The molecule has 2 aliphatic rings. The topological polar surface area (TPSA) is 60.6 Å². The molecule has 1 aromatic heterocycles. The second-order valence-electron chi connectivity index (χ2n) is 9.11. The van der Waals surface area contributed by atoms with Crippen LogP contribution in [-0.4, -0.2) is 66.1 Å². The largest absolute Gasteiger partial charge is 0.381 e. The smallest absolute Gasteiger partial charge is 0.219 e. The van der Waals surface area contributed by atoms with Gasteiger partial charge in [-0.2, -0.15) is 0 Å². The number of hydrogen-bond acceptors (Lipinski definition) is 4. The summed E-state index contributed by atoms with van der Waals surface area (Å²) < 4.78 is 5.50. The highest BCUT2D eigenvalue weighted by atomic mass is 35.5. The molecule has 0 spiro atoms. The maximum absolute atomic E-state index is 11.6. The molecule has 3 heterocycles. The van der Waals surface area contributed by atoms with E-state index in [4.69, 9.17) is 16.3 Å². The number of rotatable bonds is 5. The predicted molar refractivity (Wildman–Crippen MR) is 134 cm³/mol. The van der Waals surface area contributed by atoms with Crippen LogP contribution >= 0.6 is 11.6 Å². The van der Waals surface area contributed by atoms with Crippen LogP contribution in [0.15, 0.2) is 42.5 Å². The Morgan fingerprint density at radius 1 is 1.12 bits per heavy atom. The normalized spacial score (nSPS) is 18.1. The fraction of sp³-hybridized carbons (Fsp3) is 0.423. The van der Waals surface area contributed by atoms with Crippen LogP contribution in [0.5, 0.6) is 0 Å². The van der Waals surface area contributed by atoms with Gasteiger partial charge < -0.3 is 19.9 Å². The number of aromatic amines is 1. The molecule has 0 bridgehead atoms. The summed E-state index contributed by atoms with van der Waals surface area (Å²) in [5, 5.41) is 5.52. The van der Waals surface area contributed by atoms with Crippen LogP contribution in [-0.2, 0) is 16.1 Å². The van der Waals surface area contributed by atoms with E-state index in [1.54, 1.807) is 6.92 Å². The Balaban J connectivity index is 1.35. The summed E-state index contributed by atoms with van der Waals surface area (Å²) in [6.07, 6.45) is 2.01. The summed E-state index contributed by atoms with van der Waals surface area (Å²) in [6, 6.07) is 15.3. The number of fused-ring (bicyclic) bond motifs is 1. The van der Waals surface area contributed by atoms with Crippen molar-refractivity contribution >= 4 is 34.1 Å². The van der Waals surface area contributed by atoms with E-state index in [-0.39, 0.29) is 5.91 Å². The Kier molecular flexibility index (Phi) is 6.58. The summed E-state index contributed by atoms with van der Waals surface area (Å²) in [4.78, 5) is 19.6. The van der Waals surface area contributed by atoms with E-state index >= 15 is 0 Å². The zero-order chi connectivity index (χ0) is 22.8. The van der Waals surface area contributed by atoms with Gasteiger partial charge in [0, 0.05) is 75.0 Å². The highest BCUT2D eigenvalue weighted by Crippen LogP contribution is 2.33. The fourth-order valence-corrected chi connectivity index (χ4v) is 5.08. The summed E-state index contributed by atoms with van der Waals surface area (Å²) in [5.74, 6) is 0.168. The van der Waals surface area contributed by atoms with Gasteiger partial charge in [-0.05, 0) is 48.2 Å². The predicted octanol–water partition coefficient (Wildman–Crippen LogP) is 4.74. The Bertz CT molecular complexity index is 1130. The number of piperazine rings is 1. The number of nitrogens with one attached hydrogen (secondary N) is 2. The minimum Gasteiger partial charge on any atom is -0.381 e. The highest BCUT2D eigenvalue weighted by molar-refractivity contribution is 6.32. The summed E-state index contributed by atoms with van der Waals surface area (Å²) >= 11 is 6.45. The molecule has 0 saturated carbocycles. The summed E-state index contributed by atoms with van der Waals surface area (Å²) in [5.41, 5.74) is 5.67. The van der Waals surface area contributed by atoms with Crippen molar-refractivity contribution in [1.82, 2.24) is 14.8 Å². The van der Waals surface area contributed by atoms with Crippen molar-refractivity contribution in [3.05, 3.63) is 53.1 Å².